The molecule has 3 nitrogen and oxygen atoms in total. The normalized spacial score (nSPS) is 16.2. The number of aryl methyl sites for hydroxylation is 1. The lowest BCUT2D eigenvalue weighted by Crippen LogP contribution is -2.30. The predicted octanol–water partition coefficient (Wildman–Crippen LogP) is 4.55. The molecule has 0 unspecified atom stereocenters. The minimum absolute atomic E-state index is 0.203. The summed E-state index contributed by atoms with van der Waals surface area (Å²) in [6, 6.07) is 13.2. The van der Waals surface area contributed by atoms with Gasteiger partial charge in [-0.2, -0.15) is 0 Å². The monoisotopic (exact) mass is 373 g/mol. The predicted molar refractivity (Wildman–Crippen MR) is 102 cm³/mol. The minimum atomic E-state index is -0.208. The first-order valence-corrected chi connectivity index (χ1v) is 9.90. The Hall–Kier alpha value is -1.85. The SMILES string of the molecule is CCOC(=O)CNC[C@@H]1CCCc2cc(Sc3cccc(F)c3)ccc21. The maximum Gasteiger partial charge on any atom is 0.319 e. The topological polar surface area (TPSA) is 38.3 Å². The molecule has 0 saturated carbocycles. The number of esters is 1. The Balaban J connectivity index is 1.64. The Labute approximate surface area is 158 Å². The summed E-state index contributed by atoms with van der Waals surface area (Å²) < 4.78 is 18.3. The van der Waals surface area contributed by atoms with E-state index in [1.165, 1.54) is 17.2 Å². The third-order valence-electron chi connectivity index (χ3n) is 4.55. The highest BCUT2D eigenvalue weighted by molar-refractivity contribution is 7.99. The van der Waals surface area contributed by atoms with E-state index in [0.29, 0.717) is 12.5 Å². The van der Waals surface area contributed by atoms with Gasteiger partial charge in [0.05, 0.1) is 13.2 Å². The highest BCUT2D eigenvalue weighted by Crippen LogP contribution is 2.36. The van der Waals surface area contributed by atoms with Gasteiger partial charge < -0.3 is 10.1 Å². The van der Waals surface area contributed by atoms with Gasteiger partial charge in [0.1, 0.15) is 5.82 Å². The lowest BCUT2D eigenvalue weighted by atomic mass is 9.83. The summed E-state index contributed by atoms with van der Waals surface area (Å²) in [5, 5.41) is 3.22. The molecule has 0 bridgehead atoms. The quantitative estimate of drug-likeness (QED) is 0.723. The van der Waals surface area contributed by atoms with E-state index in [2.05, 4.69) is 23.5 Å². The van der Waals surface area contributed by atoms with Crippen LogP contribution in [0.2, 0.25) is 0 Å². The highest BCUT2D eigenvalue weighted by Gasteiger charge is 2.20. The summed E-state index contributed by atoms with van der Waals surface area (Å²) in [5.41, 5.74) is 2.72. The van der Waals surface area contributed by atoms with Crippen molar-refractivity contribution >= 4 is 17.7 Å². The van der Waals surface area contributed by atoms with E-state index in [1.807, 2.05) is 13.0 Å². The second kappa shape index (κ2) is 9.19. The first-order valence-electron chi connectivity index (χ1n) is 9.08. The van der Waals surface area contributed by atoms with E-state index >= 15 is 0 Å². The van der Waals surface area contributed by atoms with Crippen LogP contribution in [0, 0.1) is 5.82 Å². The van der Waals surface area contributed by atoms with Crippen LogP contribution in [-0.4, -0.2) is 25.7 Å². The summed E-state index contributed by atoms with van der Waals surface area (Å²) in [7, 11) is 0. The fourth-order valence-corrected chi connectivity index (χ4v) is 4.32. The zero-order valence-corrected chi connectivity index (χ0v) is 15.8. The third kappa shape index (κ3) is 5.08. The maximum atomic E-state index is 13.4. The Morgan fingerprint density at radius 1 is 1.27 bits per heavy atom. The molecule has 138 valence electrons. The van der Waals surface area contributed by atoms with Gasteiger partial charge in [-0.3, -0.25) is 4.79 Å². The summed E-state index contributed by atoms with van der Waals surface area (Å²) in [4.78, 5) is 13.5. The van der Waals surface area contributed by atoms with Crippen LogP contribution in [0.3, 0.4) is 0 Å². The van der Waals surface area contributed by atoms with E-state index in [4.69, 9.17) is 4.74 Å². The standard InChI is InChI=1S/C21H24FNO2S/c1-2-25-21(24)14-23-13-16-6-3-5-15-11-19(9-10-20(15)16)26-18-8-4-7-17(22)12-18/h4,7-12,16,23H,2-3,5-6,13-14H2,1H3/t16-/m0/s1. The van der Waals surface area contributed by atoms with Gasteiger partial charge in [-0.25, -0.2) is 4.39 Å². The van der Waals surface area contributed by atoms with Gasteiger partial charge in [0.2, 0.25) is 0 Å². The van der Waals surface area contributed by atoms with Crippen LogP contribution in [0.25, 0.3) is 0 Å². The van der Waals surface area contributed by atoms with Crippen LogP contribution < -0.4 is 5.32 Å². The molecular formula is C21H24FNO2S. The van der Waals surface area contributed by atoms with Crippen molar-refractivity contribution in [2.75, 3.05) is 19.7 Å². The molecular weight excluding hydrogens is 349 g/mol. The van der Waals surface area contributed by atoms with Gasteiger partial charge in [0, 0.05) is 16.3 Å². The lowest BCUT2D eigenvalue weighted by molar-refractivity contribution is -0.142. The second-order valence-corrected chi connectivity index (χ2v) is 7.59. The van der Waals surface area contributed by atoms with E-state index in [9.17, 15) is 9.18 Å². The summed E-state index contributed by atoms with van der Waals surface area (Å²) in [6.07, 6.45) is 3.34. The van der Waals surface area contributed by atoms with E-state index in [-0.39, 0.29) is 18.3 Å². The molecule has 0 amide bonds. The molecule has 2 aromatic carbocycles. The summed E-state index contributed by atoms with van der Waals surface area (Å²) in [6.45, 7) is 3.27. The van der Waals surface area contributed by atoms with Crippen molar-refractivity contribution in [3.05, 3.63) is 59.4 Å². The van der Waals surface area contributed by atoms with Gasteiger partial charge in [-0.1, -0.05) is 23.9 Å². The van der Waals surface area contributed by atoms with Crippen molar-refractivity contribution < 1.29 is 13.9 Å². The molecule has 2 aromatic rings. The Kier molecular flexibility index (Phi) is 6.69. The number of hydrogen-bond donors (Lipinski definition) is 1. The molecule has 1 atom stereocenters. The Morgan fingerprint density at radius 3 is 2.92 bits per heavy atom. The molecule has 1 N–H and O–H groups in total. The lowest BCUT2D eigenvalue weighted by Gasteiger charge is -2.26. The molecule has 1 aliphatic rings. The first kappa shape index (κ1) is 18.9. The number of halogens is 1. The average Bonchev–Trinajstić information content (AvgIpc) is 2.62. The number of benzene rings is 2. The van der Waals surface area contributed by atoms with E-state index < -0.39 is 0 Å². The number of fused-ring (bicyclic) bond motifs is 1. The zero-order valence-electron chi connectivity index (χ0n) is 15.0. The number of hydrogen-bond acceptors (Lipinski definition) is 4. The first-order chi connectivity index (χ1) is 12.7. The third-order valence-corrected chi connectivity index (χ3v) is 5.53. The van der Waals surface area contributed by atoms with Crippen molar-refractivity contribution in [2.45, 2.75) is 41.9 Å². The molecule has 0 aliphatic heterocycles. The van der Waals surface area contributed by atoms with E-state index in [1.54, 1.807) is 23.9 Å². The van der Waals surface area contributed by atoms with Crippen molar-refractivity contribution in [1.29, 1.82) is 0 Å². The minimum Gasteiger partial charge on any atom is -0.465 e. The molecule has 0 spiro atoms. The van der Waals surface area contributed by atoms with Gasteiger partial charge in [0.15, 0.2) is 0 Å². The Morgan fingerprint density at radius 2 is 2.12 bits per heavy atom. The number of carbonyl (C=O) groups excluding carboxylic acids is 1. The van der Waals surface area contributed by atoms with Crippen LogP contribution in [0.1, 0.15) is 36.8 Å². The molecule has 26 heavy (non-hydrogen) atoms. The zero-order chi connectivity index (χ0) is 18.4. The fourth-order valence-electron chi connectivity index (χ4n) is 3.39. The van der Waals surface area contributed by atoms with Crippen LogP contribution in [-0.2, 0) is 16.0 Å². The van der Waals surface area contributed by atoms with Gasteiger partial charge in [-0.05, 0) is 73.6 Å². The largest absolute Gasteiger partial charge is 0.465 e. The highest BCUT2D eigenvalue weighted by atomic mass is 32.2. The van der Waals surface area contributed by atoms with Gasteiger partial charge in [0.25, 0.3) is 0 Å². The molecule has 0 aromatic heterocycles. The van der Waals surface area contributed by atoms with Crippen molar-refractivity contribution in [3.63, 3.8) is 0 Å². The molecule has 5 heteroatoms. The Bertz CT molecular complexity index is 765. The number of rotatable bonds is 7. The maximum absolute atomic E-state index is 13.4. The van der Waals surface area contributed by atoms with Gasteiger partial charge in [-0.15, -0.1) is 0 Å². The summed E-state index contributed by atoms with van der Waals surface area (Å²) in [5.74, 6) is 0.00692. The van der Waals surface area contributed by atoms with Crippen LogP contribution in [0.5, 0.6) is 0 Å². The fraction of sp³-hybridized carbons (Fsp3) is 0.381. The number of ether oxygens (including phenoxy) is 1. The van der Waals surface area contributed by atoms with Crippen molar-refractivity contribution in [3.8, 4) is 0 Å². The van der Waals surface area contributed by atoms with Crippen LogP contribution >= 0.6 is 11.8 Å². The van der Waals surface area contributed by atoms with Crippen LogP contribution in [0.4, 0.5) is 4.39 Å². The average molecular weight is 373 g/mol. The van der Waals surface area contributed by atoms with E-state index in [0.717, 1.165) is 35.6 Å². The molecule has 1 aliphatic carbocycles. The smallest absolute Gasteiger partial charge is 0.319 e. The van der Waals surface area contributed by atoms with Gasteiger partial charge >= 0.3 is 5.97 Å². The number of carbonyl (C=O) groups is 1. The molecule has 0 saturated heterocycles. The summed E-state index contributed by atoms with van der Waals surface area (Å²) >= 11 is 1.59. The molecule has 0 fully saturated rings. The van der Waals surface area contributed by atoms with Crippen LogP contribution in [0.15, 0.2) is 52.3 Å². The van der Waals surface area contributed by atoms with Crippen molar-refractivity contribution in [1.82, 2.24) is 5.32 Å². The molecule has 3 rings (SSSR count). The number of nitrogens with one attached hydrogen (secondary N) is 1. The van der Waals surface area contributed by atoms with Crippen molar-refractivity contribution in [2.24, 2.45) is 0 Å². The molecule has 0 heterocycles. The molecule has 0 radical (unpaired) electrons. The second-order valence-electron chi connectivity index (χ2n) is 6.45.